The molecule has 3 heteroatoms. The molecule has 0 radical (unpaired) electrons. The predicted molar refractivity (Wildman–Crippen MR) is 204 cm³/mol. The average molecular weight is 642 g/mol. The monoisotopic (exact) mass is 641 g/mol. The Kier molecular flexibility index (Phi) is 7.05. The molecule has 1 unspecified atom stereocenters. The van der Waals surface area contributed by atoms with Crippen molar-refractivity contribution in [3.8, 4) is 44.9 Å². The summed E-state index contributed by atoms with van der Waals surface area (Å²) in [4.78, 5) is 2.34. The zero-order valence-electron chi connectivity index (χ0n) is 30.0. The van der Waals surface area contributed by atoms with Gasteiger partial charge in [-0.05, 0) is 161 Å². The molecule has 6 aromatic carbocycles. The summed E-state index contributed by atoms with van der Waals surface area (Å²) in [7, 11) is 5.64. The highest BCUT2D eigenvalue weighted by molar-refractivity contribution is 5.97. The first-order valence-electron chi connectivity index (χ1n) is 17.1. The lowest BCUT2D eigenvalue weighted by atomic mass is 9.70. The van der Waals surface area contributed by atoms with Crippen molar-refractivity contribution in [2.45, 2.75) is 47.0 Å². The van der Waals surface area contributed by atoms with Gasteiger partial charge in [0.25, 0.3) is 0 Å². The Hall–Kier alpha value is -5.28. The van der Waals surface area contributed by atoms with Crippen molar-refractivity contribution < 1.29 is 9.47 Å². The second-order valence-electron chi connectivity index (χ2n) is 14.1. The van der Waals surface area contributed by atoms with E-state index in [1.54, 1.807) is 14.2 Å². The van der Waals surface area contributed by atoms with Crippen LogP contribution in [0.2, 0.25) is 0 Å². The normalized spacial score (nSPS) is 15.1. The molecule has 0 aromatic heterocycles. The summed E-state index contributed by atoms with van der Waals surface area (Å²) < 4.78 is 11.8. The van der Waals surface area contributed by atoms with E-state index in [4.69, 9.17) is 9.47 Å². The average Bonchev–Trinajstić information content (AvgIpc) is 3.53. The van der Waals surface area contributed by atoms with E-state index in [0.717, 1.165) is 17.2 Å². The van der Waals surface area contributed by atoms with Gasteiger partial charge in [-0.15, -0.1) is 0 Å². The molecule has 6 aromatic rings. The maximum Gasteiger partial charge on any atom is 0.161 e. The van der Waals surface area contributed by atoms with Gasteiger partial charge < -0.3 is 14.4 Å². The van der Waals surface area contributed by atoms with Gasteiger partial charge in [0.15, 0.2) is 11.5 Å². The Morgan fingerprint density at radius 2 is 1.00 bits per heavy atom. The summed E-state index contributed by atoms with van der Waals surface area (Å²) in [5.41, 5.74) is 22.3. The molecule has 0 aliphatic heterocycles. The summed E-state index contributed by atoms with van der Waals surface area (Å²) in [5.74, 6) is 1.49. The molecule has 0 heterocycles. The van der Waals surface area contributed by atoms with E-state index >= 15 is 0 Å². The van der Waals surface area contributed by atoms with E-state index in [2.05, 4.69) is 151 Å². The van der Waals surface area contributed by atoms with Crippen LogP contribution in [-0.4, -0.2) is 21.3 Å². The largest absolute Gasteiger partial charge is 0.493 e. The van der Waals surface area contributed by atoms with Crippen molar-refractivity contribution >= 4 is 11.4 Å². The number of nitrogens with zero attached hydrogens (tertiary/aromatic N) is 1. The van der Waals surface area contributed by atoms with Gasteiger partial charge in [-0.25, -0.2) is 0 Å². The number of methoxy groups -OCH3 is 2. The molecule has 0 bridgehead atoms. The molecule has 1 atom stereocenters. The number of rotatable bonds is 5. The number of anilines is 2. The quantitative estimate of drug-likeness (QED) is 0.187. The van der Waals surface area contributed by atoms with Crippen molar-refractivity contribution in [1.29, 1.82) is 0 Å². The van der Waals surface area contributed by atoms with Crippen LogP contribution in [0.3, 0.4) is 0 Å². The van der Waals surface area contributed by atoms with Crippen LogP contribution in [-0.2, 0) is 5.41 Å². The molecule has 244 valence electrons. The Labute approximate surface area is 290 Å². The van der Waals surface area contributed by atoms with Crippen LogP contribution >= 0.6 is 0 Å². The minimum Gasteiger partial charge on any atom is -0.493 e. The van der Waals surface area contributed by atoms with Crippen molar-refractivity contribution in [3.05, 3.63) is 153 Å². The molecule has 0 saturated carbocycles. The first-order valence-corrected chi connectivity index (χ1v) is 17.1. The smallest absolute Gasteiger partial charge is 0.161 e. The molecule has 0 N–H and O–H groups in total. The first kappa shape index (κ1) is 31.0. The van der Waals surface area contributed by atoms with Crippen LogP contribution in [0.25, 0.3) is 33.4 Å². The fraction of sp³-hybridized carbons (Fsp3) is 0.217. The van der Waals surface area contributed by atoms with Crippen molar-refractivity contribution in [3.63, 3.8) is 0 Å². The molecular formula is C46H43NO2. The summed E-state index contributed by atoms with van der Waals surface area (Å²) in [6.07, 6.45) is 0. The molecular weight excluding hydrogens is 599 g/mol. The number of ether oxygens (including phenoxy) is 2. The van der Waals surface area contributed by atoms with Gasteiger partial charge in [0.1, 0.15) is 0 Å². The second kappa shape index (κ2) is 11.1. The number of aryl methyl sites for hydroxylation is 6. The third kappa shape index (κ3) is 4.41. The fourth-order valence-corrected chi connectivity index (χ4v) is 8.39. The van der Waals surface area contributed by atoms with Crippen LogP contribution in [0.15, 0.2) is 97.1 Å². The maximum atomic E-state index is 5.96. The number of fused-ring (bicyclic) bond motifs is 10. The number of benzene rings is 6. The Bertz CT molecular complexity index is 2350. The summed E-state index contributed by atoms with van der Waals surface area (Å²) >= 11 is 0. The van der Waals surface area contributed by atoms with E-state index in [1.807, 2.05) is 0 Å². The standard InChI is InChI=1S/C46H43NO2/c1-26-10-15-35-38-24-44(48-8)45(49-9)25-42(38)46(39(35)18-26)40-22-30(5)29(4)21-37(40)36-16-14-34(23-41(36)46)47(7)43-17-13-33(20-31(43)6)32-12-11-27(2)28(3)19-32/h10-25H,1-9H3. The summed E-state index contributed by atoms with van der Waals surface area (Å²) in [6, 6.07) is 36.8. The van der Waals surface area contributed by atoms with E-state index < -0.39 is 5.41 Å². The van der Waals surface area contributed by atoms with Crippen LogP contribution in [0.4, 0.5) is 11.4 Å². The van der Waals surface area contributed by atoms with Crippen molar-refractivity contribution in [1.82, 2.24) is 0 Å². The lowest BCUT2D eigenvalue weighted by Gasteiger charge is -2.32. The molecule has 3 nitrogen and oxygen atoms in total. The van der Waals surface area contributed by atoms with E-state index in [-0.39, 0.29) is 0 Å². The van der Waals surface area contributed by atoms with Crippen LogP contribution < -0.4 is 14.4 Å². The van der Waals surface area contributed by atoms with Gasteiger partial charge in [0.05, 0.1) is 19.6 Å². The minimum absolute atomic E-state index is 0.502. The third-order valence-corrected chi connectivity index (χ3v) is 11.3. The van der Waals surface area contributed by atoms with Gasteiger partial charge in [-0.2, -0.15) is 0 Å². The van der Waals surface area contributed by atoms with Gasteiger partial charge in [0.2, 0.25) is 0 Å². The Morgan fingerprint density at radius 3 is 1.69 bits per heavy atom. The molecule has 8 rings (SSSR count). The molecule has 0 saturated heterocycles. The van der Waals surface area contributed by atoms with Gasteiger partial charge >= 0.3 is 0 Å². The minimum atomic E-state index is -0.502. The Balaban J connectivity index is 1.35. The van der Waals surface area contributed by atoms with Gasteiger partial charge in [-0.1, -0.05) is 66.2 Å². The lowest BCUT2D eigenvalue weighted by molar-refractivity contribution is 0.354. The first-order chi connectivity index (χ1) is 23.6. The molecule has 2 aliphatic rings. The SMILES string of the molecule is COc1cc2c(cc1OC)C1(c3cc(C)ccc3-2)c2cc(N(C)c3ccc(-c4ccc(C)c(C)c4)cc3C)ccc2-c2cc(C)c(C)cc21. The van der Waals surface area contributed by atoms with E-state index in [0.29, 0.717) is 0 Å². The summed E-state index contributed by atoms with van der Waals surface area (Å²) in [5, 5.41) is 0. The Morgan fingerprint density at radius 1 is 0.449 bits per heavy atom. The maximum absolute atomic E-state index is 5.96. The van der Waals surface area contributed by atoms with E-state index in [9.17, 15) is 0 Å². The highest BCUT2D eigenvalue weighted by Gasteiger charge is 2.52. The molecule has 0 amide bonds. The van der Waals surface area contributed by atoms with Crippen LogP contribution in [0, 0.1) is 41.5 Å². The fourth-order valence-electron chi connectivity index (χ4n) is 8.39. The highest BCUT2D eigenvalue weighted by Crippen LogP contribution is 2.64. The predicted octanol–water partition coefficient (Wildman–Crippen LogP) is 11.3. The van der Waals surface area contributed by atoms with Crippen LogP contribution in [0.1, 0.15) is 55.6 Å². The molecule has 49 heavy (non-hydrogen) atoms. The number of hydrogen-bond acceptors (Lipinski definition) is 3. The second-order valence-corrected chi connectivity index (χ2v) is 14.1. The van der Waals surface area contributed by atoms with Crippen molar-refractivity contribution in [2.24, 2.45) is 0 Å². The van der Waals surface area contributed by atoms with Crippen molar-refractivity contribution in [2.75, 3.05) is 26.2 Å². The van der Waals surface area contributed by atoms with E-state index in [1.165, 1.54) is 94.7 Å². The third-order valence-electron chi connectivity index (χ3n) is 11.3. The lowest BCUT2D eigenvalue weighted by Crippen LogP contribution is -2.26. The zero-order valence-corrected chi connectivity index (χ0v) is 30.0. The molecule has 0 fully saturated rings. The summed E-state index contributed by atoms with van der Waals surface area (Å²) in [6.45, 7) is 13.2. The van der Waals surface area contributed by atoms with Crippen LogP contribution in [0.5, 0.6) is 11.5 Å². The highest BCUT2D eigenvalue weighted by atomic mass is 16.5. The van der Waals surface area contributed by atoms with Gasteiger partial charge in [0, 0.05) is 18.4 Å². The molecule has 2 aliphatic carbocycles. The number of hydrogen-bond donors (Lipinski definition) is 0. The zero-order chi connectivity index (χ0) is 34.4. The molecule has 1 spiro atoms. The topological polar surface area (TPSA) is 21.7 Å². The van der Waals surface area contributed by atoms with Gasteiger partial charge in [-0.3, -0.25) is 0 Å².